The van der Waals surface area contributed by atoms with Crippen LogP contribution in [0.2, 0.25) is 0 Å². The molecule has 2 heterocycles. The summed E-state index contributed by atoms with van der Waals surface area (Å²) in [5, 5.41) is 2.05. The highest BCUT2D eigenvalue weighted by Crippen LogP contribution is 2.55. The van der Waals surface area contributed by atoms with Crippen LogP contribution < -0.4 is 4.90 Å². The molecular weight excluding hydrogens is 657 g/mol. The second kappa shape index (κ2) is 13.0. The smallest absolute Gasteiger partial charge is 0.260 e. The lowest BCUT2D eigenvalue weighted by Gasteiger charge is -2.34. The average Bonchev–Trinajstić information content (AvgIpc) is 3.29. The number of hydrogen-bond donors (Lipinski definition) is 0. The maximum atomic E-state index is 14.8. The Morgan fingerprint density at radius 2 is 0.870 bits per heavy atom. The molecular formula is C51H48N2O. The van der Waals surface area contributed by atoms with Crippen LogP contribution in [0.4, 0.5) is 5.82 Å². The molecule has 0 spiro atoms. The first-order chi connectivity index (χ1) is 25.7. The van der Waals surface area contributed by atoms with Crippen molar-refractivity contribution in [1.82, 2.24) is 4.98 Å². The van der Waals surface area contributed by atoms with Gasteiger partial charge in [-0.3, -0.25) is 9.69 Å². The molecule has 0 atom stereocenters. The second-order valence-electron chi connectivity index (χ2n) is 16.3. The van der Waals surface area contributed by atoms with Crippen molar-refractivity contribution in [2.24, 2.45) is 0 Å². The van der Waals surface area contributed by atoms with Gasteiger partial charge in [0.2, 0.25) is 0 Å². The van der Waals surface area contributed by atoms with Crippen molar-refractivity contribution in [2.45, 2.75) is 74.8 Å². The summed E-state index contributed by atoms with van der Waals surface area (Å²) in [4.78, 5) is 21.9. The van der Waals surface area contributed by atoms with Gasteiger partial charge in [0.05, 0.1) is 5.54 Å². The van der Waals surface area contributed by atoms with Crippen molar-refractivity contribution in [3.05, 3.63) is 165 Å². The molecule has 1 aliphatic heterocycles. The van der Waals surface area contributed by atoms with Crippen molar-refractivity contribution in [3.63, 3.8) is 0 Å². The van der Waals surface area contributed by atoms with Crippen LogP contribution in [-0.2, 0) is 5.54 Å². The molecule has 0 fully saturated rings. The summed E-state index contributed by atoms with van der Waals surface area (Å²) >= 11 is 0. The third kappa shape index (κ3) is 5.83. The fourth-order valence-corrected chi connectivity index (χ4v) is 9.29. The molecule has 54 heavy (non-hydrogen) atoms. The van der Waals surface area contributed by atoms with Gasteiger partial charge in [-0.15, -0.1) is 0 Å². The summed E-state index contributed by atoms with van der Waals surface area (Å²) in [6.07, 6.45) is 1.91. The van der Waals surface area contributed by atoms with Crippen molar-refractivity contribution >= 4 is 22.5 Å². The van der Waals surface area contributed by atoms with E-state index in [0.29, 0.717) is 5.82 Å². The van der Waals surface area contributed by atoms with Gasteiger partial charge in [0.15, 0.2) is 0 Å². The maximum absolute atomic E-state index is 14.8. The number of amides is 1. The van der Waals surface area contributed by atoms with E-state index < -0.39 is 5.54 Å². The molecule has 3 heteroatoms. The summed E-state index contributed by atoms with van der Waals surface area (Å²) in [7, 11) is 0. The van der Waals surface area contributed by atoms with E-state index in [4.69, 9.17) is 4.98 Å². The van der Waals surface area contributed by atoms with Crippen LogP contribution in [-0.4, -0.2) is 10.9 Å². The zero-order valence-corrected chi connectivity index (χ0v) is 33.2. The summed E-state index contributed by atoms with van der Waals surface area (Å²) in [6.45, 7) is 21.8. The molecule has 0 saturated carbocycles. The van der Waals surface area contributed by atoms with E-state index in [2.05, 4.69) is 154 Å². The van der Waals surface area contributed by atoms with E-state index in [1.807, 2.05) is 29.3 Å². The van der Waals surface area contributed by atoms with E-state index in [1.54, 1.807) is 0 Å². The first-order valence-corrected chi connectivity index (χ1v) is 19.0. The van der Waals surface area contributed by atoms with Crippen molar-refractivity contribution < 1.29 is 4.79 Å². The van der Waals surface area contributed by atoms with Crippen LogP contribution >= 0.6 is 0 Å². The van der Waals surface area contributed by atoms with E-state index in [0.717, 1.165) is 55.3 Å². The fraction of sp³-hybridized carbons (Fsp3) is 0.216. The number of benzene rings is 6. The number of aromatic nitrogens is 1. The Morgan fingerprint density at radius 3 is 1.31 bits per heavy atom. The van der Waals surface area contributed by atoms with Crippen LogP contribution in [0.3, 0.4) is 0 Å². The Morgan fingerprint density at radius 1 is 0.481 bits per heavy atom. The zero-order valence-electron chi connectivity index (χ0n) is 33.2. The van der Waals surface area contributed by atoms with Gasteiger partial charge in [-0.25, -0.2) is 4.98 Å². The monoisotopic (exact) mass is 704 g/mol. The summed E-state index contributed by atoms with van der Waals surface area (Å²) in [6, 6.07) is 37.8. The lowest BCUT2D eigenvalue weighted by molar-refractivity contribution is 0.0981. The van der Waals surface area contributed by atoms with Gasteiger partial charge < -0.3 is 0 Å². The molecule has 0 saturated heterocycles. The second-order valence-corrected chi connectivity index (χ2v) is 16.3. The van der Waals surface area contributed by atoms with Gasteiger partial charge in [0.1, 0.15) is 5.82 Å². The van der Waals surface area contributed by atoms with Crippen LogP contribution in [0.25, 0.3) is 55.3 Å². The highest BCUT2D eigenvalue weighted by Gasteiger charge is 2.45. The quantitative estimate of drug-likeness (QED) is 0.179. The number of carbonyl (C=O) groups is 1. The molecule has 8 rings (SSSR count). The SMILES string of the molecule is Cc1cc(C)cc(-c2c(-c3cc(C)cc(C)c3)c(-c3cc(C)cc(C)c3)c3c(N4C(=O)c5ccccc5C4(C)C)nccc3c2-c2cc(C)cc(C)c2)c1. The highest BCUT2D eigenvalue weighted by atomic mass is 16.2. The van der Waals surface area contributed by atoms with Gasteiger partial charge in [-0.05, 0) is 131 Å². The minimum absolute atomic E-state index is 0.0266. The van der Waals surface area contributed by atoms with Gasteiger partial charge in [0.25, 0.3) is 5.91 Å². The predicted molar refractivity (Wildman–Crippen MR) is 228 cm³/mol. The fourth-order valence-electron chi connectivity index (χ4n) is 9.29. The van der Waals surface area contributed by atoms with Gasteiger partial charge in [0, 0.05) is 22.7 Å². The summed E-state index contributed by atoms with van der Waals surface area (Å²) < 4.78 is 0. The number of aryl methyl sites for hydroxylation is 8. The van der Waals surface area contributed by atoms with E-state index in [1.165, 1.54) is 55.6 Å². The molecule has 3 nitrogen and oxygen atoms in total. The van der Waals surface area contributed by atoms with Crippen molar-refractivity contribution in [2.75, 3.05) is 4.90 Å². The number of rotatable bonds is 5. The van der Waals surface area contributed by atoms with Crippen LogP contribution in [0.15, 0.2) is 109 Å². The largest absolute Gasteiger partial charge is 0.282 e. The zero-order chi connectivity index (χ0) is 38.2. The van der Waals surface area contributed by atoms with E-state index >= 15 is 0 Å². The topological polar surface area (TPSA) is 33.2 Å². The summed E-state index contributed by atoms with van der Waals surface area (Å²) in [5.74, 6) is 0.650. The number of nitrogens with zero attached hydrogens (tertiary/aromatic N) is 2. The van der Waals surface area contributed by atoms with Crippen LogP contribution in [0.1, 0.15) is 74.3 Å². The normalized spacial score (nSPS) is 13.5. The third-order valence-corrected chi connectivity index (χ3v) is 11.0. The lowest BCUT2D eigenvalue weighted by Crippen LogP contribution is -2.40. The summed E-state index contributed by atoms with van der Waals surface area (Å²) in [5.41, 5.74) is 19.9. The molecule has 1 aromatic heterocycles. The van der Waals surface area contributed by atoms with Crippen molar-refractivity contribution in [1.29, 1.82) is 0 Å². The number of fused-ring (bicyclic) bond motifs is 2. The molecule has 1 aliphatic rings. The Labute approximate surface area is 320 Å². The number of pyridine rings is 1. The van der Waals surface area contributed by atoms with Gasteiger partial charge in [-0.2, -0.15) is 0 Å². The Hall–Kier alpha value is -5.80. The Balaban J connectivity index is 1.69. The predicted octanol–water partition coefficient (Wildman–Crippen LogP) is 13.3. The molecule has 0 unspecified atom stereocenters. The highest BCUT2D eigenvalue weighted by molar-refractivity contribution is 6.24. The lowest BCUT2D eigenvalue weighted by atomic mass is 9.77. The minimum Gasteiger partial charge on any atom is -0.282 e. The average molecular weight is 705 g/mol. The van der Waals surface area contributed by atoms with Crippen LogP contribution in [0.5, 0.6) is 0 Å². The van der Waals surface area contributed by atoms with E-state index in [-0.39, 0.29) is 5.91 Å². The number of carbonyl (C=O) groups excluding carboxylic acids is 1. The molecule has 268 valence electrons. The molecule has 0 radical (unpaired) electrons. The maximum Gasteiger partial charge on any atom is 0.260 e. The molecule has 1 amide bonds. The van der Waals surface area contributed by atoms with Crippen molar-refractivity contribution in [3.8, 4) is 44.5 Å². The standard InChI is InChI=1S/C51H48N2O/c1-29-17-30(2)22-37(21-29)44-42-15-16-52-49(53-50(54)41-13-11-12-14-43(41)51(53,9)10)48(42)47(40-27-35(7)20-36(8)28-40)46(39-25-33(5)19-34(6)26-39)45(44)38-23-31(3)18-32(4)24-38/h11-28H,1-10H3. The Bertz CT molecular complexity index is 2610. The molecule has 7 aromatic rings. The first-order valence-electron chi connectivity index (χ1n) is 19.0. The molecule has 6 aromatic carbocycles. The van der Waals surface area contributed by atoms with Gasteiger partial charge in [-0.1, -0.05) is 136 Å². The Kier molecular flexibility index (Phi) is 8.45. The molecule has 0 N–H and O–H groups in total. The number of anilines is 1. The van der Waals surface area contributed by atoms with Gasteiger partial charge >= 0.3 is 0 Å². The third-order valence-electron chi connectivity index (χ3n) is 11.0. The first kappa shape index (κ1) is 35.2. The van der Waals surface area contributed by atoms with Crippen LogP contribution in [0, 0.1) is 55.4 Å². The number of hydrogen-bond acceptors (Lipinski definition) is 2. The molecule has 0 aliphatic carbocycles. The molecule has 0 bridgehead atoms. The van der Waals surface area contributed by atoms with E-state index in [9.17, 15) is 4.79 Å². The minimum atomic E-state index is -0.638.